The topological polar surface area (TPSA) is 87.3 Å². The lowest BCUT2D eigenvalue weighted by atomic mass is 10.1. The third-order valence-electron chi connectivity index (χ3n) is 4.59. The van der Waals surface area contributed by atoms with Gasteiger partial charge >= 0.3 is 0 Å². The monoisotopic (exact) mass is 499 g/mol. The van der Waals surface area contributed by atoms with Gasteiger partial charge in [0.1, 0.15) is 28.7 Å². The smallest absolute Gasteiger partial charge is 0.254 e. The predicted molar refractivity (Wildman–Crippen MR) is 135 cm³/mol. The Morgan fingerprint density at radius 1 is 1.06 bits per heavy atom. The van der Waals surface area contributed by atoms with Crippen molar-refractivity contribution < 1.29 is 23.0 Å². The second-order valence-electron chi connectivity index (χ2n) is 6.62. The summed E-state index contributed by atoms with van der Waals surface area (Å²) in [6, 6.07) is 15.0. The van der Waals surface area contributed by atoms with Crippen LogP contribution in [0.15, 0.2) is 60.8 Å². The summed E-state index contributed by atoms with van der Waals surface area (Å²) in [6.07, 6.45) is 1.68. The molecule has 2 heterocycles. The highest BCUT2D eigenvalue weighted by atomic mass is 32.1. The molecule has 0 radical (unpaired) electrons. The number of hydrogen-bond donors (Lipinski definition) is 1. The van der Waals surface area contributed by atoms with Gasteiger partial charge in [-0.3, -0.25) is 9.78 Å². The van der Waals surface area contributed by atoms with Crippen molar-refractivity contribution in [2.75, 3.05) is 7.11 Å². The Morgan fingerprint density at radius 3 is 2.37 bits per heavy atom. The number of nitrogens with two attached hydrogens (primary N) is 1. The summed E-state index contributed by atoms with van der Waals surface area (Å²) >= 11 is 1.34. The standard InChI is InChI=1S/C23H17F2N3O3S.C2H6.CH4/c1-30-14-7-5-13(6-8-14)21-22(16-4-2-3-11-27-16)32-18(28-21)12-31-17-10-9-15(24)19(20(17)25)23(26)29;1-2;/h2-11H,12H2,1H3,(H2,26,29);1-2H3;1H4. The second kappa shape index (κ2) is 12.6. The maximum Gasteiger partial charge on any atom is 0.254 e. The summed E-state index contributed by atoms with van der Waals surface area (Å²) < 4.78 is 38.9. The van der Waals surface area contributed by atoms with E-state index >= 15 is 0 Å². The number of aromatic nitrogens is 2. The highest BCUT2D eigenvalue weighted by Gasteiger charge is 2.21. The van der Waals surface area contributed by atoms with Gasteiger partial charge in [0.05, 0.1) is 23.4 Å². The van der Waals surface area contributed by atoms with Crippen molar-refractivity contribution in [1.29, 1.82) is 0 Å². The van der Waals surface area contributed by atoms with Crippen molar-refractivity contribution in [2.45, 2.75) is 27.9 Å². The minimum Gasteiger partial charge on any atom is -0.497 e. The number of pyridine rings is 1. The molecule has 0 aliphatic rings. The molecule has 0 fully saturated rings. The Balaban J connectivity index is 0.00000140. The van der Waals surface area contributed by atoms with Crippen LogP contribution in [0.3, 0.4) is 0 Å². The van der Waals surface area contributed by atoms with E-state index in [0.717, 1.165) is 28.3 Å². The maximum atomic E-state index is 14.5. The molecule has 4 rings (SSSR count). The fraction of sp³-hybridized carbons (Fsp3) is 0.192. The van der Waals surface area contributed by atoms with Crippen LogP contribution in [0.2, 0.25) is 0 Å². The van der Waals surface area contributed by atoms with Gasteiger partial charge in [-0.1, -0.05) is 27.3 Å². The van der Waals surface area contributed by atoms with E-state index < -0.39 is 23.1 Å². The van der Waals surface area contributed by atoms with Crippen LogP contribution in [0, 0.1) is 11.6 Å². The van der Waals surface area contributed by atoms with Crippen LogP contribution in [-0.2, 0) is 6.61 Å². The molecule has 2 N–H and O–H groups in total. The van der Waals surface area contributed by atoms with E-state index in [1.54, 1.807) is 13.3 Å². The largest absolute Gasteiger partial charge is 0.497 e. The zero-order chi connectivity index (χ0) is 24.7. The van der Waals surface area contributed by atoms with Gasteiger partial charge < -0.3 is 15.2 Å². The lowest BCUT2D eigenvalue weighted by molar-refractivity contribution is 0.0991. The fourth-order valence-electron chi connectivity index (χ4n) is 3.05. The predicted octanol–water partition coefficient (Wildman–Crippen LogP) is 6.50. The van der Waals surface area contributed by atoms with Crippen LogP contribution in [0.4, 0.5) is 8.78 Å². The molecule has 1 amide bonds. The molecule has 2 aromatic carbocycles. The number of benzene rings is 2. The van der Waals surface area contributed by atoms with Gasteiger partial charge in [0.15, 0.2) is 11.6 Å². The van der Waals surface area contributed by atoms with Gasteiger partial charge in [-0.2, -0.15) is 0 Å². The molecule has 6 nitrogen and oxygen atoms in total. The minimum atomic E-state index is -1.21. The van der Waals surface area contributed by atoms with E-state index in [4.69, 9.17) is 15.2 Å². The zero-order valence-corrected chi connectivity index (χ0v) is 19.7. The fourth-order valence-corrected chi connectivity index (χ4v) is 4.03. The van der Waals surface area contributed by atoms with Gasteiger partial charge in [0.2, 0.25) is 0 Å². The van der Waals surface area contributed by atoms with E-state index in [9.17, 15) is 13.6 Å². The average Bonchev–Trinajstić information content (AvgIpc) is 3.29. The third kappa shape index (κ3) is 6.19. The number of carbonyl (C=O) groups excluding carboxylic acids is 1. The summed E-state index contributed by atoms with van der Waals surface area (Å²) in [5.41, 5.74) is 6.49. The number of halogens is 2. The Hall–Kier alpha value is -3.85. The van der Waals surface area contributed by atoms with Gasteiger partial charge in [-0.05, 0) is 48.5 Å². The number of hydrogen-bond acceptors (Lipinski definition) is 6. The minimum absolute atomic E-state index is 0. The van der Waals surface area contributed by atoms with E-state index in [-0.39, 0.29) is 19.8 Å². The van der Waals surface area contributed by atoms with Crippen LogP contribution in [0.1, 0.15) is 36.6 Å². The molecule has 0 saturated heterocycles. The van der Waals surface area contributed by atoms with E-state index in [1.165, 1.54) is 11.3 Å². The highest BCUT2D eigenvalue weighted by molar-refractivity contribution is 7.15. The molecule has 0 aliphatic heterocycles. The first-order chi connectivity index (χ1) is 16.5. The molecule has 0 bridgehead atoms. The first-order valence-corrected chi connectivity index (χ1v) is 11.3. The first kappa shape index (κ1) is 27.4. The summed E-state index contributed by atoms with van der Waals surface area (Å²) in [4.78, 5) is 21.2. The van der Waals surface area contributed by atoms with Crippen molar-refractivity contribution in [3.05, 3.63) is 83.0 Å². The Labute approximate surface area is 207 Å². The lowest BCUT2D eigenvalue weighted by Crippen LogP contribution is -2.16. The number of methoxy groups -OCH3 is 1. The molecule has 9 heteroatoms. The van der Waals surface area contributed by atoms with Crippen LogP contribution in [-0.4, -0.2) is 23.0 Å². The van der Waals surface area contributed by atoms with Crippen LogP contribution in [0.25, 0.3) is 21.8 Å². The Kier molecular flexibility index (Phi) is 9.84. The SMILES string of the molecule is C.CC.COc1ccc(-c2nc(COc3ccc(F)c(C(N)=O)c3F)sc2-c2ccccn2)cc1. The summed E-state index contributed by atoms with van der Waals surface area (Å²) in [5.74, 6) is -2.98. The Bertz CT molecular complexity index is 1260. The summed E-state index contributed by atoms with van der Waals surface area (Å²) in [6.45, 7) is 3.90. The molecule has 0 saturated carbocycles. The summed E-state index contributed by atoms with van der Waals surface area (Å²) in [7, 11) is 1.59. The van der Waals surface area contributed by atoms with E-state index in [1.807, 2.05) is 56.3 Å². The molecule has 4 aromatic rings. The van der Waals surface area contributed by atoms with Crippen molar-refractivity contribution in [2.24, 2.45) is 5.73 Å². The molecule has 0 atom stereocenters. The van der Waals surface area contributed by atoms with E-state index in [0.29, 0.717) is 16.5 Å². The maximum absolute atomic E-state index is 14.5. The average molecular weight is 500 g/mol. The molecule has 0 aliphatic carbocycles. The zero-order valence-electron chi connectivity index (χ0n) is 18.8. The summed E-state index contributed by atoms with van der Waals surface area (Å²) in [5, 5.41) is 0.542. The number of amides is 1. The van der Waals surface area contributed by atoms with Crippen LogP contribution in [0.5, 0.6) is 11.5 Å². The van der Waals surface area contributed by atoms with Crippen LogP contribution < -0.4 is 15.2 Å². The van der Waals surface area contributed by atoms with E-state index in [2.05, 4.69) is 9.97 Å². The number of rotatable bonds is 7. The number of nitrogens with zero attached hydrogens (tertiary/aromatic N) is 2. The van der Waals surface area contributed by atoms with Crippen molar-refractivity contribution in [1.82, 2.24) is 9.97 Å². The molecule has 35 heavy (non-hydrogen) atoms. The van der Waals surface area contributed by atoms with Gasteiger partial charge in [-0.15, -0.1) is 11.3 Å². The normalized spacial score (nSPS) is 9.97. The molecule has 2 aromatic heterocycles. The van der Waals surface area contributed by atoms with Gasteiger partial charge in [0.25, 0.3) is 5.91 Å². The number of thiazole rings is 1. The van der Waals surface area contributed by atoms with Crippen LogP contribution >= 0.6 is 11.3 Å². The number of carbonyl (C=O) groups is 1. The Morgan fingerprint density at radius 2 is 1.77 bits per heavy atom. The van der Waals surface area contributed by atoms with Crippen molar-refractivity contribution >= 4 is 17.2 Å². The third-order valence-corrected chi connectivity index (χ3v) is 5.64. The first-order valence-electron chi connectivity index (χ1n) is 10.4. The number of primary amides is 1. The molecule has 184 valence electrons. The van der Waals surface area contributed by atoms with Crippen molar-refractivity contribution in [3.8, 4) is 33.3 Å². The van der Waals surface area contributed by atoms with Gasteiger partial charge in [0, 0.05) is 11.8 Å². The molecular weight excluding hydrogens is 472 g/mol. The molecule has 0 spiro atoms. The molecule has 0 unspecified atom stereocenters. The molecular formula is C26H27F2N3O3S. The highest BCUT2D eigenvalue weighted by Crippen LogP contribution is 2.37. The van der Waals surface area contributed by atoms with Crippen molar-refractivity contribution in [3.63, 3.8) is 0 Å². The quantitative estimate of drug-likeness (QED) is 0.314. The number of ether oxygens (including phenoxy) is 2. The van der Waals surface area contributed by atoms with Gasteiger partial charge in [-0.25, -0.2) is 13.8 Å². The lowest BCUT2D eigenvalue weighted by Gasteiger charge is -2.08. The second-order valence-corrected chi connectivity index (χ2v) is 7.70.